The number of benzene rings is 3. The van der Waals surface area contributed by atoms with Crippen LogP contribution in [0.25, 0.3) is 0 Å². The van der Waals surface area contributed by atoms with E-state index in [9.17, 15) is 13.6 Å². The van der Waals surface area contributed by atoms with Crippen molar-refractivity contribution in [1.29, 1.82) is 0 Å². The zero-order chi connectivity index (χ0) is 26.9. The van der Waals surface area contributed by atoms with Crippen LogP contribution in [0.3, 0.4) is 0 Å². The van der Waals surface area contributed by atoms with Crippen LogP contribution in [-0.2, 0) is 0 Å². The maximum absolute atomic E-state index is 14.3. The third-order valence-corrected chi connectivity index (χ3v) is 8.36. The monoisotopic (exact) mass is 532 g/mol. The van der Waals surface area contributed by atoms with E-state index in [1.165, 1.54) is 18.2 Å². The van der Waals surface area contributed by atoms with Crippen LogP contribution in [0.2, 0.25) is 0 Å². The molecule has 3 aromatic carbocycles. The highest BCUT2D eigenvalue weighted by atomic mass is 19.1. The molecule has 6 nitrogen and oxygen atoms in total. The number of hydrogen-bond donors (Lipinski definition) is 0. The molecule has 0 spiro atoms. The van der Waals surface area contributed by atoms with E-state index in [4.69, 9.17) is 4.74 Å². The summed E-state index contributed by atoms with van der Waals surface area (Å²) >= 11 is 0. The van der Waals surface area contributed by atoms with Gasteiger partial charge in [0.1, 0.15) is 17.4 Å². The SMILES string of the molecule is COc1cccc(N2CCN(CCCCN3CCC4C(C3)c3cc(F)ccc3N4c3ccc(F)cc3)C2=O)c1. The highest BCUT2D eigenvalue weighted by Crippen LogP contribution is 2.48. The maximum atomic E-state index is 14.3. The van der Waals surface area contributed by atoms with Crippen molar-refractivity contribution in [3.63, 3.8) is 0 Å². The normalized spacial score (nSPS) is 20.9. The van der Waals surface area contributed by atoms with Gasteiger partial charge < -0.3 is 19.4 Å². The number of unbranched alkanes of at least 4 members (excludes halogenated alkanes) is 1. The largest absolute Gasteiger partial charge is 0.497 e. The van der Waals surface area contributed by atoms with Gasteiger partial charge in [0.25, 0.3) is 0 Å². The number of urea groups is 1. The first-order valence-corrected chi connectivity index (χ1v) is 13.8. The summed E-state index contributed by atoms with van der Waals surface area (Å²) in [5.41, 5.74) is 3.87. The summed E-state index contributed by atoms with van der Waals surface area (Å²) < 4.78 is 33.2. The van der Waals surface area contributed by atoms with Gasteiger partial charge in [0.05, 0.1) is 7.11 Å². The Morgan fingerprint density at radius 2 is 1.67 bits per heavy atom. The second-order valence-corrected chi connectivity index (χ2v) is 10.6. The second kappa shape index (κ2) is 10.8. The zero-order valence-electron chi connectivity index (χ0n) is 22.2. The van der Waals surface area contributed by atoms with Crippen molar-refractivity contribution < 1.29 is 18.3 Å². The Morgan fingerprint density at radius 1 is 0.872 bits per heavy atom. The number of halogens is 2. The van der Waals surface area contributed by atoms with Crippen molar-refractivity contribution in [3.05, 3.63) is 83.9 Å². The zero-order valence-corrected chi connectivity index (χ0v) is 22.2. The lowest BCUT2D eigenvalue weighted by atomic mass is 9.89. The van der Waals surface area contributed by atoms with Gasteiger partial charge in [-0.1, -0.05) is 6.07 Å². The number of hydrogen-bond acceptors (Lipinski definition) is 4. The molecule has 6 rings (SSSR count). The van der Waals surface area contributed by atoms with Gasteiger partial charge in [-0.2, -0.15) is 0 Å². The Labute approximate surface area is 228 Å². The summed E-state index contributed by atoms with van der Waals surface area (Å²) in [7, 11) is 1.63. The predicted octanol–water partition coefficient (Wildman–Crippen LogP) is 6.01. The van der Waals surface area contributed by atoms with E-state index in [2.05, 4.69) is 9.80 Å². The lowest BCUT2D eigenvalue weighted by molar-refractivity contribution is 0.189. The van der Waals surface area contributed by atoms with E-state index in [1.807, 2.05) is 52.3 Å². The van der Waals surface area contributed by atoms with Crippen molar-refractivity contribution in [1.82, 2.24) is 9.80 Å². The molecular formula is C31H34F2N4O2. The molecule has 3 heterocycles. The van der Waals surface area contributed by atoms with E-state index in [0.29, 0.717) is 6.54 Å². The van der Waals surface area contributed by atoms with Gasteiger partial charge in [0.15, 0.2) is 0 Å². The molecule has 0 radical (unpaired) electrons. The van der Waals surface area contributed by atoms with E-state index >= 15 is 0 Å². The first-order valence-electron chi connectivity index (χ1n) is 13.8. The highest BCUT2D eigenvalue weighted by Gasteiger charge is 2.42. The molecule has 3 aliphatic heterocycles. The molecular weight excluding hydrogens is 498 g/mol. The van der Waals surface area contributed by atoms with Gasteiger partial charge in [-0.3, -0.25) is 4.90 Å². The van der Waals surface area contributed by atoms with Crippen LogP contribution in [0.15, 0.2) is 66.7 Å². The number of methoxy groups -OCH3 is 1. The standard InChI is InChI=1S/C31H34F2N4O2/c1-39-26-6-4-5-25(20-26)36-18-17-35(31(36)38)15-3-2-14-34-16-13-30-28(21-34)27-19-23(33)9-12-29(27)37(30)24-10-7-22(32)8-11-24/h4-12,19-20,28,30H,2-3,13-18,21H2,1H3. The number of piperidine rings is 1. The topological polar surface area (TPSA) is 39.3 Å². The Kier molecular flexibility index (Phi) is 7.12. The highest BCUT2D eigenvalue weighted by molar-refractivity contribution is 5.94. The van der Waals surface area contributed by atoms with Crippen molar-refractivity contribution in [3.8, 4) is 5.75 Å². The molecule has 2 fully saturated rings. The lowest BCUT2D eigenvalue weighted by Gasteiger charge is -2.39. The van der Waals surface area contributed by atoms with Gasteiger partial charge in [-0.05, 0) is 86.0 Å². The third-order valence-electron chi connectivity index (χ3n) is 8.36. The number of anilines is 3. The molecule has 204 valence electrons. The number of ether oxygens (including phenoxy) is 1. The molecule has 2 saturated heterocycles. The van der Waals surface area contributed by atoms with E-state index in [1.54, 1.807) is 13.2 Å². The summed E-state index contributed by atoms with van der Waals surface area (Å²) in [5.74, 6) is 0.471. The Morgan fingerprint density at radius 3 is 2.49 bits per heavy atom. The van der Waals surface area contributed by atoms with Crippen LogP contribution in [0.4, 0.5) is 30.6 Å². The van der Waals surface area contributed by atoms with Gasteiger partial charge in [-0.15, -0.1) is 0 Å². The first-order chi connectivity index (χ1) is 19.0. The van der Waals surface area contributed by atoms with Gasteiger partial charge in [-0.25, -0.2) is 13.6 Å². The number of nitrogens with zero attached hydrogens (tertiary/aromatic N) is 4. The summed E-state index contributed by atoms with van der Waals surface area (Å²) in [4.78, 5) is 21.5. The van der Waals surface area contributed by atoms with Crippen molar-refractivity contribution >= 4 is 23.1 Å². The molecule has 8 heteroatoms. The number of fused-ring (bicyclic) bond motifs is 3. The smallest absolute Gasteiger partial charge is 0.324 e. The van der Waals surface area contributed by atoms with Crippen molar-refractivity contribution in [2.75, 3.05) is 56.2 Å². The average molecular weight is 533 g/mol. The number of likely N-dealkylation sites (tertiary alicyclic amines) is 1. The van der Waals surface area contributed by atoms with Crippen LogP contribution < -0.4 is 14.5 Å². The molecule has 3 aliphatic rings. The molecule has 2 unspecified atom stereocenters. The predicted molar refractivity (Wildman–Crippen MR) is 149 cm³/mol. The number of carbonyl (C=O) groups excluding carboxylic acids is 1. The Hall–Kier alpha value is -3.65. The fourth-order valence-corrected chi connectivity index (χ4v) is 6.42. The molecule has 39 heavy (non-hydrogen) atoms. The fraction of sp³-hybridized carbons (Fsp3) is 0.387. The fourth-order valence-electron chi connectivity index (χ4n) is 6.42. The number of carbonyl (C=O) groups is 1. The average Bonchev–Trinajstić information content (AvgIpc) is 3.48. The molecule has 0 aliphatic carbocycles. The van der Waals surface area contributed by atoms with Crippen LogP contribution in [-0.4, -0.2) is 68.3 Å². The summed E-state index contributed by atoms with van der Waals surface area (Å²) in [5, 5.41) is 0. The third kappa shape index (κ3) is 5.05. The molecule has 3 aromatic rings. The van der Waals surface area contributed by atoms with Crippen LogP contribution in [0.5, 0.6) is 5.75 Å². The number of rotatable bonds is 8. The summed E-state index contributed by atoms with van der Waals surface area (Å²) in [6.45, 7) is 4.93. The second-order valence-electron chi connectivity index (χ2n) is 10.6. The molecule has 0 N–H and O–H groups in total. The van der Waals surface area contributed by atoms with E-state index in [-0.39, 0.29) is 29.6 Å². The van der Waals surface area contributed by atoms with Gasteiger partial charge >= 0.3 is 6.03 Å². The minimum absolute atomic E-state index is 0.0505. The molecule has 0 aromatic heterocycles. The van der Waals surface area contributed by atoms with Crippen LogP contribution in [0, 0.1) is 11.6 Å². The summed E-state index contributed by atoms with van der Waals surface area (Å²) in [6, 6.07) is 19.6. The minimum atomic E-state index is -0.257. The maximum Gasteiger partial charge on any atom is 0.324 e. The van der Waals surface area contributed by atoms with Gasteiger partial charge in [0.2, 0.25) is 0 Å². The first kappa shape index (κ1) is 25.6. The van der Waals surface area contributed by atoms with Crippen molar-refractivity contribution in [2.24, 2.45) is 0 Å². The molecule has 2 amide bonds. The lowest BCUT2D eigenvalue weighted by Crippen LogP contribution is -2.45. The van der Waals surface area contributed by atoms with E-state index < -0.39 is 0 Å². The van der Waals surface area contributed by atoms with Crippen molar-refractivity contribution in [2.45, 2.75) is 31.2 Å². The quantitative estimate of drug-likeness (QED) is 0.334. The number of amides is 2. The molecule has 0 saturated carbocycles. The minimum Gasteiger partial charge on any atom is -0.497 e. The molecule has 2 atom stereocenters. The van der Waals surface area contributed by atoms with Crippen LogP contribution in [0.1, 0.15) is 30.7 Å². The van der Waals surface area contributed by atoms with E-state index in [0.717, 1.165) is 80.4 Å². The molecule has 0 bridgehead atoms. The van der Waals surface area contributed by atoms with Gasteiger partial charge in [0, 0.05) is 67.8 Å². The Bertz CT molecular complexity index is 1330. The van der Waals surface area contributed by atoms with Crippen LogP contribution >= 0.6 is 0 Å². The Balaban J connectivity index is 1.04. The summed E-state index contributed by atoms with van der Waals surface area (Å²) in [6.07, 6.45) is 2.89.